The summed E-state index contributed by atoms with van der Waals surface area (Å²) < 4.78 is 12.3. The van der Waals surface area contributed by atoms with Crippen LogP contribution in [-0.4, -0.2) is 41.3 Å². The maximum absolute atomic E-state index is 12.6. The highest BCUT2D eigenvalue weighted by molar-refractivity contribution is 5.98. The lowest BCUT2D eigenvalue weighted by Gasteiger charge is -2.13. The second-order valence-corrected chi connectivity index (χ2v) is 7.03. The van der Waals surface area contributed by atoms with Gasteiger partial charge in [-0.1, -0.05) is 12.1 Å². The number of esters is 1. The number of furan rings is 1. The van der Waals surface area contributed by atoms with E-state index in [-0.39, 0.29) is 18.7 Å². The average molecular weight is 436 g/mol. The predicted octanol–water partition coefficient (Wildman–Crippen LogP) is 2.82. The van der Waals surface area contributed by atoms with E-state index in [9.17, 15) is 14.9 Å². The van der Waals surface area contributed by atoms with Crippen molar-refractivity contribution in [1.82, 2.24) is 4.57 Å². The number of nitrogens with one attached hydrogen (secondary N) is 2. The van der Waals surface area contributed by atoms with E-state index in [4.69, 9.17) is 14.3 Å². The van der Waals surface area contributed by atoms with Crippen LogP contribution >= 0.6 is 0 Å². The van der Waals surface area contributed by atoms with Crippen molar-refractivity contribution >= 4 is 23.4 Å². The Morgan fingerprint density at radius 2 is 2.00 bits per heavy atom. The van der Waals surface area contributed by atoms with Gasteiger partial charge in [-0.2, -0.15) is 5.26 Å². The van der Waals surface area contributed by atoms with Crippen LogP contribution in [0.3, 0.4) is 0 Å². The number of aromatic nitrogens is 1. The molecule has 166 valence electrons. The summed E-state index contributed by atoms with van der Waals surface area (Å²) in [6.45, 7) is 3.64. The molecule has 3 aromatic rings. The number of aliphatic hydroxyl groups excluding tert-OH is 1. The van der Waals surface area contributed by atoms with Crippen LogP contribution in [0.2, 0.25) is 0 Å². The second kappa shape index (κ2) is 10.3. The minimum absolute atomic E-state index is 0.0938. The van der Waals surface area contributed by atoms with Gasteiger partial charge in [0.2, 0.25) is 0 Å². The fourth-order valence-corrected chi connectivity index (χ4v) is 3.27. The van der Waals surface area contributed by atoms with Crippen molar-refractivity contribution in [1.29, 1.82) is 5.26 Å². The number of para-hydroxylation sites is 1. The van der Waals surface area contributed by atoms with Crippen LogP contribution in [0.4, 0.5) is 11.5 Å². The largest absolute Gasteiger partial charge is 0.467 e. The first-order valence-corrected chi connectivity index (χ1v) is 9.99. The number of rotatable bonds is 9. The number of anilines is 2. The standard InChI is InChI=1S/C23H24N4O5/c1-15-16(2)27(13-17-6-5-11-31-17)22(19(15)12-24)26-21(29)14-32-23(30)18-7-3-4-8-20(18)25-9-10-28/h3-8,11,25,28H,9-10,13-14H2,1-2H3,(H,26,29). The van der Waals surface area contributed by atoms with Crippen molar-refractivity contribution in [3.8, 4) is 6.07 Å². The molecule has 0 spiro atoms. The van der Waals surface area contributed by atoms with Crippen molar-refractivity contribution in [2.75, 3.05) is 30.4 Å². The van der Waals surface area contributed by atoms with Crippen molar-refractivity contribution in [2.24, 2.45) is 0 Å². The molecule has 9 nitrogen and oxygen atoms in total. The van der Waals surface area contributed by atoms with E-state index in [2.05, 4.69) is 16.7 Å². The second-order valence-electron chi connectivity index (χ2n) is 7.03. The van der Waals surface area contributed by atoms with Crippen LogP contribution in [0.5, 0.6) is 0 Å². The SMILES string of the molecule is Cc1c(C#N)c(NC(=O)COC(=O)c2ccccc2NCCO)n(Cc2ccco2)c1C. The highest BCUT2D eigenvalue weighted by atomic mass is 16.5. The molecule has 32 heavy (non-hydrogen) atoms. The molecular weight excluding hydrogens is 412 g/mol. The first kappa shape index (κ1) is 22.7. The minimum atomic E-state index is -0.681. The van der Waals surface area contributed by atoms with Gasteiger partial charge in [0, 0.05) is 17.9 Å². The third kappa shape index (κ3) is 4.99. The smallest absolute Gasteiger partial charge is 0.340 e. The van der Waals surface area contributed by atoms with Crippen molar-refractivity contribution in [3.05, 3.63) is 70.8 Å². The first-order chi connectivity index (χ1) is 15.5. The summed E-state index contributed by atoms with van der Waals surface area (Å²) in [6, 6.07) is 12.3. The van der Waals surface area contributed by atoms with Crippen molar-refractivity contribution < 1.29 is 23.8 Å². The molecule has 2 heterocycles. The molecule has 0 aliphatic carbocycles. The van der Waals surface area contributed by atoms with Gasteiger partial charge < -0.3 is 29.5 Å². The van der Waals surface area contributed by atoms with E-state index >= 15 is 0 Å². The van der Waals surface area contributed by atoms with Gasteiger partial charge in [0.1, 0.15) is 17.6 Å². The summed E-state index contributed by atoms with van der Waals surface area (Å²) in [5.74, 6) is -0.264. The lowest BCUT2D eigenvalue weighted by Crippen LogP contribution is -2.23. The molecule has 0 aliphatic heterocycles. The van der Waals surface area contributed by atoms with E-state index in [0.717, 1.165) is 11.3 Å². The number of hydrogen-bond donors (Lipinski definition) is 3. The number of nitriles is 1. The van der Waals surface area contributed by atoms with Gasteiger partial charge in [-0.15, -0.1) is 0 Å². The molecule has 0 fully saturated rings. The van der Waals surface area contributed by atoms with E-state index in [1.54, 1.807) is 54.2 Å². The van der Waals surface area contributed by atoms with Crippen LogP contribution < -0.4 is 10.6 Å². The molecule has 0 unspecified atom stereocenters. The topological polar surface area (TPSA) is 130 Å². The summed E-state index contributed by atoms with van der Waals surface area (Å²) in [6.07, 6.45) is 1.55. The zero-order chi connectivity index (χ0) is 23.1. The number of nitrogens with zero attached hydrogens (tertiary/aromatic N) is 2. The van der Waals surface area contributed by atoms with Crippen molar-refractivity contribution in [2.45, 2.75) is 20.4 Å². The van der Waals surface area contributed by atoms with E-state index < -0.39 is 18.5 Å². The maximum atomic E-state index is 12.6. The molecule has 0 saturated heterocycles. The van der Waals surface area contributed by atoms with Gasteiger partial charge in [-0.05, 0) is 43.7 Å². The maximum Gasteiger partial charge on any atom is 0.340 e. The molecule has 0 atom stereocenters. The summed E-state index contributed by atoms with van der Waals surface area (Å²) in [4.78, 5) is 25.0. The molecule has 0 radical (unpaired) electrons. The number of hydrogen-bond acceptors (Lipinski definition) is 7. The predicted molar refractivity (Wildman–Crippen MR) is 117 cm³/mol. The Morgan fingerprint density at radius 3 is 2.69 bits per heavy atom. The normalized spacial score (nSPS) is 10.4. The Kier molecular flexibility index (Phi) is 7.31. The molecule has 1 amide bonds. The molecule has 9 heteroatoms. The molecule has 1 aromatic carbocycles. The number of benzene rings is 1. The number of ether oxygens (including phenoxy) is 1. The fraction of sp³-hybridized carbons (Fsp3) is 0.261. The summed E-state index contributed by atoms with van der Waals surface area (Å²) in [5.41, 5.74) is 2.65. The highest BCUT2D eigenvalue weighted by Crippen LogP contribution is 2.27. The van der Waals surface area contributed by atoms with Gasteiger partial charge in [0.05, 0.1) is 30.5 Å². The van der Waals surface area contributed by atoms with Crippen LogP contribution in [0.1, 0.15) is 32.9 Å². The van der Waals surface area contributed by atoms with Gasteiger partial charge in [-0.3, -0.25) is 4.79 Å². The number of carbonyl (C=O) groups is 2. The van der Waals surface area contributed by atoms with Crippen LogP contribution in [0.15, 0.2) is 47.1 Å². The number of aliphatic hydroxyl groups is 1. The van der Waals surface area contributed by atoms with Crippen LogP contribution in [0.25, 0.3) is 0 Å². The Labute approximate surface area is 185 Å². The van der Waals surface area contributed by atoms with Crippen molar-refractivity contribution in [3.63, 3.8) is 0 Å². The fourth-order valence-electron chi connectivity index (χ4n) is 3.27. The third-order valence-electron chi connectivity index (χ3n) is 5.00. The molecule has 3 rings (SSSR count). The van der Waals surface area contributed by atoms with Gasteiger partial charge in [0.25, 0.3) is 5.91 Å². The van der Waals surface area contributed by atoms with E-state index in [1.165, 1.54) is 0 Å². The van der Waals surface area contributed by atoms with Crippen LogP contribution in [-0.2, 0) is 16.1 Å². The summed E-state index contributed by atoms with van der Waals surface area (Å²) in [5, 5.41) is 24.2. The Bertz CT molecular complexity index is 1140. The minimum Gasteiger partial charge on any atom is -0.467 e. The lowest BCUT2D eigenvalue weighted by atomic mass is 10.2. The Morgan fingerprint density at radius 1 is 1.22 bits per heavy atom. The first-order valence-electron chi connectivity index (χ1n) is 9.99. The monoisotopic (exact) mass is 436 g/mol. The van der Waals surface area contributed by atoms with E-state index in [1.807, 2.05) is 6.92 Å². The average Bonchev–Trinajstić information content (AvgIpc) is 3.39. The molecular formula is C23H24N4O5. The number of amides is 1. The summed E-state index contributed by atoms with van der Waals surface area (Å²) in [7, 11) is 0. The Balaban J connectivity index is 1.72. The molecule has 0 bridgehead atoms. The van der Waals surface area contributed by atoms with Crippen LogP contribution in [0, 0.1) is 25.2 Å². The molecule has 0 aliphatic rings. The van der Waals surface area contributed by atoms with Gasteiger partial charge >= 0.3 is 5.97 Å². The van der Waals surface area contributed by atoms with Gasteiger partial charge in [0.15, 0.2) is 6.61 Å². The van der Waals surface area contributed by atoms with Gasteiger partial charge in [-0.25, -0.2) is 4.79 Å². The number of carbonyl (C=O) groups excluding carboxylic acids is 2. The molecule has 3 N–H and O–H groups in total. The zero-order valence-electron chi connectivity index (χ0n) is 17.8. The Hall–Kier alpha value is -4.03. The third-order valence-corrected chi connectivity index (χ3v) is 5.00. The van der Waals surface area contributed by atoms with E-state index in [0.29, 0.717) is 29.4 Å². The lowest BCUT2D eigenvalue weighted by molar-refractivity contribution is -0.119. The zero-order valence-corrected chi connectivity index (χ0v) is 17.8. The summed E-state index contributed by atoms with van der Waals surface area (Å²) >= 11 is 0. The highest BCUT2D eigenvalue weighted by Gasteiger charge is 2.21. The molecule has 0 saturated carbocycles. The quantitative estimate of drug-likeness (QED) is 0.440. The molecule has 2 aromatic heterocycles.